The smallest absolute Gasteiger partial charge is 0.251 e. The number of aryl methyl sites for hydroxylation is 1. The Morgan fingerprint density at radius 1 is 1.00 bits per heavy atom. The van der Waals surface area contributed by atoms with Crippen LogP contribution >= 0.6 is 0 Å². The van der Waals surface area contributed by atoms with Crippen LogP contribution in [0.25, 0.3) is 0 Å². The fourth-order valence-electron chi connectivity index (χ4n) is 2.81. The van der Waals surface area contributed by atoms with E-state index in [1.807, 2.05) is 50.2 Å². The molecule has 0 heterocycles. The third-order valence-electron chi connectivity index (χ3n) is 4.38. The van der Waals surface area contributed by atoms with Crippen LogP contribution in [0.5, 0.6) is 17.2 Å². The van der Waals surface area contributed by atoms with Gasteiger partial charge >= 0.3 is 0 Å². The molecule has 2 aromatic carbocycles. The zero-order valence-corrected chi connectivity index (χ0v) is 17.0. The van der Waals surface area contributed by atoms with Crippen molar-refractivity contribution in [1.82, 2.24) is 5.32 Å². The Kier molecular flexibility index (Phi) is 7.11. The Labute approximate surface area is 161 Å². The SMILES string of the molecule is COc1ccc(OC[C@@H](C)NC(=O)c2cc(C(C)C)c(OC)cc2C)cc1. The third-order valence-corrected chi connectivity index (χ3v) is 4.38. The average Bonchev–Trinajstić information content (AvgIpc) is 2.66. The van der Waals surface area contributed by atoms with Crippen LogP contribution in [0.3, 0.4) is 0 Å². The molecule has 27 heavy (non-hydrogen) atoms. The molecule has 0 saturated carbocycles. The second-order valence-corrected chi connectivity index (χ2v) is 6.92. The minimum atomic E-state index is -0.136. The normalized spacial score (nSPS) is 11.8. The van der Waals surface area contributed by atoms with E-state index >= 15 is 0 Å². The molecule has 5 nitrogen and oxygen atoms in total. The van der Waals surface area contributed by atoms with Gasteiger partial charge < -0.3 is 19.5 Å². The number of carbonyl (C=O) groups excluding carboxylic acids is 1. The first-order chi connectivity index (χ1) is 12.8. The van der Waals surface area contributed by atoms with Crippen LogP contribution in [-0.4, -0.2) is 32.8 Å². The van der Waals surface area contributed by atoms with Gasteiger partial charge in [-0.2, -0.15) is 0 Å². The number of nitrogens with one attached hydrogen (secondary N) is 1. The van der Waals surface area contributed by atoms with Crippen molar-refractivity contribution in [2.75, 3.05) is 20.8 Å². The average molecular weight is 371 g/mol. The fraction of sp³-hybridized carbons (Fsp3) is 0.409. The summed E-state index contributed by atoms with van der Waals surface area (Å²) in [6.07, 6.45) is 0. The van der Waals surface area contributed by atoms with Crippen LogP contribution in [0.15, 0.2) is 36.4 Å². The van der Waals surface area contributed by atoms with Gasteiger partial charge in [0.25, 0.3) is 5.91 Å². The number of methoxy groups -OCH3 is 2. The van der Waals surface area contributed by atoms with Gasteiger partial charge in [0, 0.05) is 5.56 Å². The molecule has 146 valence electrons. The van der Waals surface area contributed by atoms with Crippen LogP contribution < -0.4 is 19.5 Å². The molecule has 0 fully saturated rings. The first kappa shape index (κ1) is 20.6. The van der Waals surface area contributed by atoms with Crippen LogP contribution in [0.2, 0.25) is 0 Å². The summed E-state index contributed by atoms with van der Waals surface area (Å²) in [6.45, 7) is 8.38. The molecule has 1 atom stereocenters. The summed E-state index contributed by atoms with van der Waals surface area (Å²) in [7, 11) is 3.28. The Morgan fingerprint density at radius 3 is 2.19 bits per heavy atom. The second kappa shape index (κ2) is 9.31. The van der Waals surface area contributed by atoms with E-state index in [4.69, 9.17) is 14.2 Å². The van der Waals surface area contributed by atoms with Crippen molar-refractivity contribution in [2.45, 2.75) is 39.7 Å². The molecule has 0 bridgehead atoms. The number of carbonyl (C=O) groups is 1. The maximum Gasteiger partial charge on any atom is 0.251 e. The zero-order valence-electron chi connectivity index (χ0n) is 17.0. The van der Waals surface area contributed by atoms with Gasteiger partial charge in [0.05, 0.1) is 20.3 Å². The maximum absolute atomic E-state index is 12.7. The molecule has 0 aliphatic rings. The standard InChI is InChI=1S/C22H29NO4/c1-14(2)19-12-20(15(3)11-21(19)26-6)22(24)23-16(4)13-27-18-9-7-17(25-5)8-10-18/h7-12,14,16H,13H2,1-6H3,(H,23,24)/t16-/m1/s1. The molecule has 0 spiro atoms. The summed E-state index contributed by atoms with van der Waals surface area (Å²) < 4.78 is 16.3. The van der Waals surface area contributed by atoms with E-state index in [-0.39, 0.29) is 17.9 Å². The Balaban J connectivity index is 2.01. The number of ether oxygens (including phenoxy) is 3. The molecule has 1 N–H and O–H groups in total. The number of rotatable bonds is 8. The molecule has 5 heteroatoms. The van der Waals surface area contributed by atoms with Crippen molar-refractivity contribution in [2.24, 2.45) is 0 Å². The first-order valence-corrected chi connectivity index (χ1v) is 9.12. The highest BCUT2D eigenvalue weighted by Crippen LogP contribution is 2.29. The van der Waals surface area contributed by atoms with Gasteiger partial charge in [-0.3, -0.25) is 4.79 Å². The van der Waals surface area contributed by atoms with E-state index < -0.39 is 0 Å². The summed E-state index contributed by atoms with van der Waals surface area (Å²) in [5.74, 6) is 2.49. The second-order valence-electron chi connectivity index (χ2n) is 6.92. The Morgan fingerprint density at radius 2 is 1.63 bits per heavy atom. The van der Waals surface area contributed by atoms with Crippen LogP contribution in [-0.2, 0) is 0 Å². The van der Waals surface area contributed by atoms with Crippen molar-refractivity contribution >= 4 is 5.91 Å². The van der Waals surface area contributed by atoms with Gasteiger partial charge in [-0.25, -0.2) is 0 Å². The molecular weight excluding hydrogens is 342 g/mol. The van der Waals surface area contributed by atoms with Crippen molar-refractivity contribution < 1.29 is 19.0 Å². The molecule has 1 amide bonds. The Hall–Kier alpha value is -2.69. The predicted octanol–water partition coefficient (Wildman–Crippen LogP) is 4.33. The minimum absolute atomic E-state index is 0.108. The summed E-state index contributed by atoms with van der Waals surface area (Å²) in [6, 6.07) is 11.1. The molecule has 2 rings (SSSR count). The molecule has 0 aromatic heterocycles. The molecule has 0 aliphatic heterocycles. The van der Waals surface area contributed by atoms with Crippen molar-refractivity contribution in [3.05, 3.63) is 53.1 Å². The van der Waals surface area contributed by atoms with Gasteiger partial charge in [0.2, 0.25) is 0 Å². The highest BCUT2D eigenvalue weighted by atomic mass is 16.5. The molecule has 0 saturated heterocycles. The summed E-state index contributed by atoms with van der Waals surface area (Å²) in [4.78, 5) is 12.7. The summed E-state index contributed by atoms with van der Waals surface area (Å²) in [5, 5.41) is 3.00. The topological polar surface area (TPSA) is 56.8 Å². The van der Waals surface area contributed by atoms with E-state index in [0.29, 0.717) is 12.2 Å². The lowest BCUT2D eigenvalue weighted by Crippen LogP contribution is -2.37. The zero-order chi connectivity index (χ0) is 20.0. The van der Waals surface area contributed by atoms with E-state index in [1.54, 1.807) is 14.2 Å². The van der Waals surface area contributed by atoms with E-state index in [9.17, 15) is 4.79 Å². The van der Waals surface area contributed by atoms with Gasteiger partial charge in [-0.1, -0.05) is 13.8 Å². The molecule has 0 aliphatic carbocycles. The largest absolute Gasteiger partial charge is 0.497 e. The highest BCUT2D eigenvalue weighted by molar-refractivity contribution is 5.96. The lowest BCUT2D eigenvalue weighted by atomic mass is 9.96. The van der Waals surface area contributed by atoms with E-state index in [2.05, 4.69) is 19.2 Å². The van der Waals surface area contributed by atoms with Crippen LogP contribution in [0, 0.1) is 6.92 Å². The number of benzene rings is 2. The number of amides is 1. The highest BCUT2D eigenvalue weighted by Gasteiger charge is 2.17. The number of hydrogen-bond donors (Lipinski definition) is 1. The van der Waals surface area contributed by atoms with Gasteiger partial charge in [-0.15, -0.1) is 0 Å². The summed E-state index contributed by atoms with van der Waals surface area (Å²) >= 11 is 0. The van der Waals surface area contributed by atoms with E-state index in [0.717, 1.165) is 28.4 Å². The monoisotopic (exact) mass is 371 g/mol. The van der Waals surface area contributed by atoms with Crippen molar-refractivity contribution in [1.29, 1.82) is 0 Å². The lowest BCUT2D eigenvalue weighted by molar-refractivity contribution is 0.0926. The van der Waals surface area contributed by atoms with Crippen molar-refractivity contribution in [3.63, 3.8) is 0 Å². The lowest BCUT2D eigenvalue weighted by Gasteiger charge is -2.18. The Bertz CT molecular complexity index is 769. The quantitative estimate of drug-likeness (QED) is 0.750. The summed E-state index contributed by atoms with van der Waals surface area (Å²) in [5.41, 5.74) is 2.57. The first-order valence-electron chi connectivity index (χ1n) is 9.12. The maximum atomic E-state index is 12.7. The molecular formula is C22H29NO4. The van der Waals surface area contributed by atoms with Gasteiger partial charge in [-0.05, 0) is 67.3 Å². The van der Waals surface area contributed by atoms with Gasteiger partial charge in [0.15, 0.2) is 0 Å². The van der Waals surface area contributed by atoms with Crippen LogP contribution in [0.1, 0.15) is 48.2 Å². The predicted molar refractivity (Wildman–Crippen MR) is 107 cm³/mol. The minimum Gasteiger partial charge on any atom is -0.497 e. The van der Waals surface area contributed by atoms with Crippen LogP contribution in [0.4, 0.5) is 0 Å². The van der Waals surface area contributed by atoms with Crippen molar-refractivity contribution in [3.8, 4) is 17.2 Å². The van der Waals surface area contributed by atoms with Gasteiger partial charge in [0.1, 0.15) is 23.9 Å². The molecule has 0 unspecified atom stereocenters. The number of hydrogen-bond acceptors (Lipinski definition) is 4. The molecule has 0 radical (unpaired) electrons. The fourth-order valence-corrected chi connectivity index (χ4v) is 2.81. The van der Waals surface area contributed by atoms with E-state index in [1.165, 1.54) is 0 Å². The molecule has 2 aromatic rings. The third kappa shape index (κ3) is 5.39.